The Kier molecular flexibility index (Phi) is 10.8. The van der Waals surface area contributed by atoms with Crippen LogP contribution in [0.2, 0.25) is 0 Å². The minimum absolute atomic E-state index is 0. The van der Waals surface area contributed by atoms with Crippen LogP contribution in [-0.4, -0.2) is 23.0 Å². The number of nitrogens with one attached hydrogen (secondary N) is 1. The molecule has 0 saturated carbocycles. The molecule has 0 aliphatic carbocycles. The van der Waals surface area contributed by atoms with Crippen molar-refractivity contribution in [3.8, 4) is 5.75 Å². The molecule has 0 unspecified atom stereocenters. The molecule has 1 aromatic carbocycles. The first-order valence-electron chi connectivity index (χ1n) is 8.16. The van der Waals surface area contributed by atoms with Crippen molar-refractivity contribution >= 4 is 42.1 Å². The molecule has 0 atom stereocenters. The molecule has 0 saturated heterocycles. The predicted molar refractivity (Wildman–Crippen MR) is 112 cm³/mol. The lowest BCUT2D eigenvalue weighted by atomic mass is 9.94. The number of thiazole rings is 1. The summed E-state index contributed by atoms with van der Waals surface area (Å²) in [6, 6.07) is 7.16. The normalized spacial score (nSPS) is 10.5. The maximum atomic E-state index is 12.3. The lowest BCUT2D eigenvalue weighted by Crippen LogP contribution is -2.49. The summed E-state index contributed by atoms with van der Waals surface area (Å²) < 4.78 is 5.72. The number of ether oxygens (including phenoxy) is 1. The Labute approximate surface area is 171 Å². The zero-order valence-electron chi connectivity index (χ0n) is 15.3. The van der Waals surface area contributed by atoms with Crippen LogP contribution >= 0.6 is 36.2 Å². The minimum atomic E-state index is -0.355. The van der Waals surface area contributed by atoms with E-state index in [9.17, 15) is 4.79 Å². The Morgan fingerprint density at radius 1 is 1.31 bits per heavy atom. The van der Waals surface area contributed by atoms with Crippen molar-refractivity contribution in [1.82, 2.24) is 10.3 Å². The molecule has 5 nitrogen and oxygen atoms in total. The zero-order valence-corrected chi connectivity index (χ0v) is 17.7. The van der Waals surface area contributed by atoms with Gasteiger partial charge in [0.25, 0.3) is 5.91 Å². The van der Waals surface area contributed by atoms with Gasteiger partial charge in [-0.2, -0.15) is 0 Å². The van der Waals surface area contributed by atoms with E-state index in [2.05, 4.69) is 10.3 Å². The van der Waals surface area contributed by atoms with Crippen LogP contribution < -0.4 is 15.8 Å². The van der Waals surface area contributed by atoms with Crippen LogP contribution in [0.15, 0.2) is 29.6 Å². The van der Waals surface area contributed by atoms with Gasteiger partial charge in [0.2, 0.25) is 0 Å². The number of hydrogen-bond donors (Lipinski definition) is 2. The van der Waals surface area contributed by atoms with Crippen LogP contribution in [0.1, 0.15) is 47.7 Å². The van der Waals surface area contributed by atoms with Gasteiger partial charge in [0.05, 0.1) is 10.7 Å². The van der Waals surface area contributed by atoms with E-state index < -0.39 is 0 Å². The highest BCUT2D eigenvalue weighted by Gasteiger charge is 2.21. The van der Waals surface area contributed by atoms with Crippen LogP contribution in [0.25, 0.3) is 0 Å². The van der Waals surface area contributed by atoms with Gasteiger partial charge in [-0.15, -0.1) is 36.2 Å². The number of nitrogens with zero attached hydrogens (tertiary/aromatic N) is 1. The average Bonchev–Trinajstić information content (AvgIpc) is 3.03. The lowest BCUT2D eigenvalue weighted by molar-refractivity contribution is 0.0941. The number of amides is 1. The number of carbonyl (C=O) groups is 1. The first-order chi connectivity index (χ1) is 11.5. The van der Waals surface area contributed by atoms with Gasteiger partial charge in [-0.1, -0.05) is 19.9 Å². The molecule has 8 heteroatoms. The SMILES string of the molecule is CCC(N)(CC)CNC(=O)c1cccc(OCc2csc(C)n2)c1.Cl.Cl. The molecule has 2 aromatic rings. The molecule has 0 fully saturated rings. The first kappa shape index (κ1) is 24.7. The van der Waals surface area contributed by atoms with Gasteiger partial charge in [0.1, 0.15) is 12.4 Å². The highest BCUT2D eigenvalue weighted by atomic mass is 35.5. The third kappa shape index (κ3) is 7.11. The molecule has 0 bridgehead atoms. The second-order valence-electron chi connectivity index (χ2n) is 5.93. The fourth-order valence-electron chi connectivity index (χ4n) is 2.22. The van der Waals surface area contributed by atoms with Crippen molar-refractivity contribution in [2.24, 2.45) is 5.73 Å². The number of hydrogen-bond acceptors (Lipinski definition) is 5. The molecule has 1 amide bonds. The predicted octanol–water partition coefficient (Wildman–Crippen LogP) is 4.12. The van der Waals surface area contributed by atoms with Crippen LogP contribution in [-0.2, 0) is 6.61 Å². The Morgan fingerprint density at radius 2 is 2.00 bits per heavy atom. The van der Waals surface area contributed by atoms with Crippen LogP contribution in [0.4, 0.5) is 0 Å². The highest BCUT2D eigenvalue weighted by molar-refractivity contribution is 7.09. The molecule has 2 rings (SSSR count). The van der Waals surface area contributed by atoms with Crippen molar-refractivity contribution < 1.29 is 9.53 Å². The van der Waals surface area contributed by atoms with Crippen molar-refractivity contribution in [2.45, 2.75) is 45.8 Å². The molecule has 146 valence electrons. The third-order valence-electron chi connectivity index (χ3n) is 4.16. The van der Waals surface area contributed by atoms with Gasteiger partial charge < -0.3 is 15.8 Å². The monoisotopic (exact) mass is 419 g/mol. The summed E-state index contributed by atoms with van der Waals surface area (Å²) in [6.07, 6.45) is 1.64. The summed E-state index contributed by atoms with van der Waals surface area (Å²) in [5.41, 5.74) is 7.33. The Hall–Kier alpha value is -1.34. The van der Waals surface area contributed by atoms with E-state index in [1.165, 1.54) is 0 Å². The van der Waals surface area contributed by atoms with E-state index in [1.54, 1.807) is 23.5 Å². The summed E-state index contributed by atoms with van der Waals surface area (Å²) >= 11 is 1.59. The highest BCUT2D eigenvalue weighted by Crippen LogP contribution is 2.17. The van der Waals surface area contributed by atoms with E-state index in [0.29, 0.717) is 24.5 Å². The Balaban J connectivity index is 0.00000312. The number of benzene rings is 1. The van der Waals surface area contributed by atoms with Crippen molar-refractivity contribution in [3.05, 3.63) is 45.9 Å². The van der Waals surface area contributed by atoms with Crippen LogP contribution in [0.5, 0.6) is 5.75 Å². The smallest absolute Gasteiger partial charge is 0.251 e. The quantitative estimate of drug-likeness (QED) is 0.674. The average molecular weight is 420 g/mol. The summed E-state index contributed by atoms with van der Waals surface area (Å²) in [4.78, 5) is 16.7. The molecule has 0 spiro atoms. The van der Waals surface area contributed by atoms with Gasteiger partial charge in [-0.05, 0) is 38.0 Å². The summed E-state index contributed by atoms with van der Waals surface area (Å²) in [7, 11) is 0. The molecule has 0 radical (unpaired) electrons. The number of rotatable bonds is 8. The topological polar surface area (TPSA) is 77.2 Å². The van der Waals surface area contributed by atoms with E-state index in [1.807, 2.05) is 38.3 Å². The van der Waals surface area contributed by atoms with Gasteiger partial charge in [0.15, 0.2) is 0 Å². The van der Waals surface area contributed by atoms with Crippen LogP contribution in [0.3, 0.4) is 0 Å². The fourth-order valence-corrected chi connectivity index (χ4v) is 2.81. The fraction of sp³-hybridized carbons (Fsp3) is 0.444. The Morgan fingerprint density at radius 3 is 2.58 bits per heavy atom. The van der Waals surface area contributed by atoms with Gasteiger partial charge >= 0.3 is 0 Å². The Bertz CT molecular complexity index is 691. The zero-order chi connectivity index (χ0) is 17.6. The minimum Gasteiger partial charge on any atom is -0.487 e. The lowest BCUT2D eigenvalue weighted by Gasteiger charge is -2.26. The molecule has 1 aromatic heterocycles. The largest absolute Gasteiger partial charge is 0.487 e. The molecular formula is C18H27Cl2N3O2S. The standard InChI is InChI=1S/C18H25N3O2S.2ClH/c1-4-18(19,5-2)12-20-17(22)14-7-6-8-16(9-14)23-10-15-11-24-13(3)21-15;;/h6-9,11H,4-5,10,12,19H2,1-3H3,(H,20,22);2*1H. The maximum absolute atomic E-state index is 12.3. The molecule has 1 heterocycles. The van der Waals surface area contributed by atoms with E-state index in [0.717, 1.165) is 23.5 Å². The number of aromatic nitrogens is 1. The molecular weight excluding hydrogens is 393 g/mol. The van der Waals surface area contributed by atoms with Crippen molar-refractivity contribution in [3.63, 3.8) is 0 Å². The second-order valence-corrected chi connectivity index (χ2v) is 6.99. The van der Waals surface area contributed by atoms with Gasteiger partial charge in [0, 0.05) is 23.0 Å². The van der Waals surface area contributed by atoms with E-state index in [-0.39, 0.29) is 36.3 Å². The number of carbonyl (C=O) groups excluding carboxylic acids is 1. The number of aryl methyl sites for hydroxylation is 1. The third-order valence-corrected chi connectivity index (χ3v) is 4.98. The maximum Gasteiger partial charge on any atom is 0.251 e. The number of nitrogens with two attached hydrogens (primary N) is 1. The van der Waals surface area contributed by atoms with Crippen molar-refractivity contribution in [1.29, 1.82) is 0 Å². The summed E-state index contributed by atoms with van der Waals surface area (Å²) in [5.74, 6) is 0.514. The van der Waals surface area contributed by atoms with E-state index >= 15 is 0 Å². The number of halogens is 2. The van der Waals surface area contributed by atoms with Gasteiger partial charge in [-0.3, -0.25) is 4.79 Å². The summed E-state index contributed by atoms with van der Waals surface area (Å²) in [5, 5.41) is 5.90. The summed E-state index contributed by atoms with van der Waals surface area (Å²) in [6.45, 7) is 6.88. The van der Waals surface area contributed by atoms with Gasteiger partial charge in [-0.25, -0.2) is 4.98 Å². The molecule has 0 aliphatic rings. The molecule has 3 N–H and O–H groups in total. The van der Waals surface area contributed by atoms with Crippen molar-refractivity contribution in [2.75, 3.05) is 6.54 Å². The van der Waals surface area contributed by atoms with E-state index in [4.69, 9.17) is 10.5 Å². The van der Waals surface area contributed by atoms with Crippen LogP contribution in [0, 0.1) is 6.92 Å². The molecule has 0 aliphatic heterocycles. The molecule has 26 heavy (non-hydrogen) atoms. The first-order valence-corrected chi connectivity index (χ1v) is 9.04. The second kappa shape index (κ2) is 11.4.